The average molecular weight is 498 g/mol. The second-order valence-electron chi connectivity index (χ2n) is 9.09. The number of carbonyl (C=O) groups is 2. The van der Waals surface area contributed by atoms with Gasteiger partial charge in [0.15, 0.2) is 0 Å². The summed E-state index contributed by atoms with van der Waals surface area (Å²) in [5, 5.41) is 0.400. The van der Waals surface area contributed by atoms with Crippen LogP contribution in [0.4, 0.5) is 10.1 Å². The van der Waals surface area contributed by atoms with Crippen LogP contribution in [0.5, 0.6) is 0 Å². The van der Waals surface area contributed by atoms with E-state index in [0.717, 1.165) is 32.4 Å². The van der Waals surface area contributed by atoms with Gasteiger partial charge in [-0.25, -0.2) is 9.37 Å². The van der Waals surface area contributed by atoms with Gasteiger partial charge in [-0.05, 0) is 43.9 Å². The van der Waals surface area contributed by atoms with Gasteiger partial charge in [0.05, 0.1) is 22.3 Å². The predicted octanol–water partition coefficient (Wildman–Crippen LogP) is 2.88. The molecule has 2 amide bonds. The van der Waals surface area contributed by atoms with E-state index in [0.29, 0.717) is 52.5 Å². The number of piperidine rings is 1. The Hall–Kier alpha value is -3.27. The van der Waals surface area contributed by atoms with Crippen LogP contribution >= 0.6 is 11.3 Å². The molecule has 2 aliphatic heterocycles. The summed E-state index contributed by atoms with van der Waals surface area (Å²) < 4.78 is 15.5. The van der Waals surface area contributed by atoms with Crippen molar-refractivity contribution in [3.63, 3.8) is 0 Å². The minimum absolute atomic E-state index is 0.0433. The van der Waals surface area contributed by atoms with Gasteiger partial charge in [0.2, 0.25) is 5.91 Å². The molecule has 2 fully saturated rings. The van der Waals surface area contributed by atoms with Crippen LogP contribution in [0.25, 0.3) is 10.2 Å². The number of carbonyl (C=O) groups excluding carboxylic acids is 2. The number of thiophene rings is 1. The maximum absolute atomic E-state index is 14.1. The Labute approximate surface area is 206 Å². The van der Waals surface area contributed by atoms with Crippen molar-refractivity contribution in [1.82, 2.24) is 19.4 Å². The van der Waals surface area contributed by atoms with Crippen molar-refractivity contribution in [2.75, 3.05) is 44.2 Å². The maximum atomic E-state index is 14.1. The molecule has 3 aromatic rings. The largest absolute Gasteiger partial charge is 0.366 e. The summed E-state index contributed by atoms with van der Waals surface area (Å²) in [7, 11) is 0. The van der Waals surface area contributed by atoms with Crippen LogP contribution in [0.1, 0.15) is 34.5 Å². The zero-order valence-corrected chi connectivity index (χ0v) is 20.5. The molecule has 2 aliphatic rings. The predicted molar refractivity (Wildman–Crippen MR) is 134 cm³/mol. The molecule has 0 unspecified atom stereocenters. The highest BCUT2D eigenvalue weighted by molar-refractivity contribution is 7.20. The van der Waals surface area contributed by atoms with E-state index >= 15 is 0 Å². The number of halogens is 1. The van der Waals surface area contributed by atoms with Gasteiger partial charge in [-0.2, -0.15) is 0 Å². The van der Waals surface area contributed by atoms with Crippen LogP contribution in [0.2, 0.25) is 0 Å². The molecule has 0 bridgehead atoms. The first kappa shape index (κ1) is 23.5. The van der Waals surface area contributed by atoms with Crippen molar-refractivity contribution in [3.8, 4) is 0 Å². The summed E-state index contributed by atoms with van der Waals surface area (Å²) in [6, 6.07) is 6.65. The molecule has 5 rings (SSSR count). The number of anilines is 1. The van der Waals surface area contributed by atoms with E-state index in [1.807, 2.05) is 4.90 Å². The zero-order valence-electron chi connectivity index (χ0n) is 19.7. The summed E-state index contributed by atoms with van der Waals surface area (Å²) in [6.45, 7) is 5.15. The molecular weight excluding hydrogens is 469 g/mol. The Bertz CT molecular complexity index is 1320. The second-order valence-corrected chi connectivity index (χ2v) is 10.1. The van der Waals surface area contributed by atoms with Gasteiger partial charge in [0.25, 0.3) is 11.5 Å². The van der Waals surface area contributed by atoms with Crippen molar-refractivity contribution in [2.45, 2.75) is 32.7 Å². The molecule has 10 heteroatoms. The molecule has 0 N–H and O–H groups in total. The normalized spacial score (nSPS) is 16.7. The third-order valence-corrected chi connectivity index (χ3v) is 8.07. The topological polar surface area (TPSA) is 78.8 Å². The zero-order chi connectivity index (χ0) is 24.5. The van der Waals surface area contributed by atoms with Gasteiger partial charge >= 0.3 is 0 Å². The van der Waals surface area contributed by atoms with Crippen molar-refractivity contribution in [3.05, 3.63) is 57.2 Å². The molecule has 4 heterocycles. The van der Waals surface area contributed by atoms with Gasteiger partial charge in [-0.15, -0.1) is 11.3 Å². The third kappa shape index (κ3) is 4.54. The lowest BCUT2D eigenvalue weighted by molar-refractivity contribution is -0.132. The van der Waals surface area contributed by atoms with Crippen molar-refractivity contribution >= 4 is 39.1 Å². The number of hydrogen-bond acceptors (Lipinski definition) is 6. The number of hydrogen-bond donors (Lipinski definition) is 0. The Morgan fingerprint density at radius 2 is 1.71 bits per heavy atom. The fourth-order valence-corrected chi connectivity index (χ4v) is 5.97. The van der Waals surface area contributed by atoms with Gasteiger partial charge < -0.3 is 14.7 Å². The number of piperazine rings is 1. The standard InChI is InChI=1S/C25H28FN5O3S/c1-17-21-23(27-16-31(24(21)33)15-20(32)29-9-5-2-6-10-29)35-22(17)25(34)30-13-11-28(12-14-30)19-8-4-3-7-18(19)26/h3-4,7-8,16H,2,5-6,9-15H2,1H3. The Balaban J connectivity index is 1.32. The number of nitrogens with zero attached hydrogens (tertiary/aromatic N) is 5. The lowest BCUT2D eigenvalue weighted by Gasteiger charge is -2.36. The van der Waals surface area contributed by atoms with Gasteiger partial charge in [0.1, 0.15) is 17.2 Å². The highest BCUT2D eigenvalue weighted by atomic mass is 32.1. The molecule has 1 aromatic carbocycles. The van der Waals surface area contributed by atoms with E-state index < -0.39 is 0 Å². The second kappa shape index (κ2) is 9.77. The number of rotatable bonds is 4. The lowest BCUT2D eigenvalue weighted by Crippen LogP contribution is -2.49. The molecule has 0 radical (unpaired) electrons. The van der Waals surface area contributed by atoms with Crippen molar-refractivity contribution in [1.29, 1.82) is 0 Å². The third-order valence-electron chi connectivity index (χ3n) is 6.89. The fourth-order valence-electron chi connectivity index (χ4n) is 4.87. The van der Waals surface area contributed by atoms with Crippen LogP contribution < -0.4 is 10.5 Å². The van der Waals surface area contributed by atoms with Crippen molar-refractivity contribution in [2.24, 2.45) is 0 Å². The molecule has 35 heavy (non-hydrogen) atoms. The van der Waals surface area contributed by atoms with Crippen molar-refractivity contribution < 1.29 is 14.0 Å². The molecular formula is C25H28FN5O3S. The highest BCUT2D eigenvalue weighted by Crippen LogP contribution is 2.29. The van der Waals surface area contributed by atoms with Crippen LogP contribution in [-0.2, 0) is 11.3 Å². The summed E-state index contributed by atoms with van der Waals surface area (Å²) in [5.41, 5.74) is 0.850. The molecule has 2 aromatic heterocycles. The molecule has 2 saturated heterocycles. The fraction of sp³-hybridized carbons (Fsp3) is 0.440. The molecule has 0 saturated carbocycles. The van der Waals surface area contributed by atoms with Crippen LogP contribution in [-0.4, -0.2) is 70.4 Å². The van der Waals surface area contributed by atoms with E-state index in [-0.39, 0.29) is 29.7 Å². The summed E-state index contributed by atoms with van der Waals surface area (Å²) >= 11 is 1.21. The summed E-state index contributed by atoms with van der Waals surface area (Å²) in [5.74, 6) is -0.493. The monoisotopic (exact) mass is 497 g/mol. The van der Waals surface area contributed by atoms with E-state index in [4.69, 9.17) is 0 Å². The molecule has 184 valence electrons. The Kier molecular flexibility index (Phi) is 6.55. The number of benzene rings is 1. The van der Waals surface area contributed by atoms with Gasteiger partial charge in [-0.1, -0.05) is 12.1 Å². The summed E-state index contributed by atoms with van der Waals surface area (Å²) in [4.78, 5) is 50.1. The first-order valence-corrected chi connectivity index (χ1v) is 12.8. The van der Waals surface area contributed by atoms with Gasteiger partial charge in [-0.3, -0.25) is 19.0 Å². The lowest BCUT2D eigenvalue weighted by atomic mass is 10.1. The van der Waals surface area contributed by atoms with E-state index in [1.54, 1.807) is 34.9 Å². The number of likely N-dealkylation sites (tertiary alicyclic amines) is 1. The number of aryl methyl sites for hydroxylation is 1. The first-order valence-electron chi connectivity index (χ1n) is 12.0. The van der Waals surface area contributed by atoms with E-state index in [2.05, 4.69) is 4.98 Å². The molecule has 8 nitrogen and oxygen atoms in total. The smallest absolute Gasteiger partial charge is 0.264 e. The number of fused-ring (bicyclic) bond motifs is 1. The molecule has 0 atom stereocenters. The molecule has 0 aliphatic carbocycles. The minimum atomic E-state index is -0.294. The SMILES string of the molecule is Cc1c(C(=O)N2CCN(c3ccccc3F)CC2)sc2ncn(CC(=O)N3CCCCC3)c(=O)c12. The van der Waals surface area contributed by atoms with E-state index in [9.17, 15) is 18.8 Å². The number of amides is 2. The van der Waals surface area contributed by atoms with Gasteiger partial charge in [0, 0.05) is 39.3 Å². The van der Waals surface area contributed by atoms with Crippen LogP contribution in [0.15, 0.2) is 35.4 Å². The highest BCUT2D eigenvalue weighted by Gasteiger charge is 2.28. The quantitative estimate of drug-likeness (QED) is 0.554. The summed E-state index contributed by atoms with van der Waals surface area (Å²) in [6.07, 6.45) is 4.51. The molecule has 0 spiro atoms. The average Bonchev–Trinajstić information content (AvgIpc) is 3.23. The minimum Gasteiger partial charge on any atom is -0.366 e. The van der Waals surface area contributed by atoms with E-state index in [1.165, 1.54) is 28.3 Å². The van der Waals surface area contributed by atoms with Crippen LogP contribution in [0.3, 0.4) is 0 Å². The first-order chi connectivity index (χ1) is 16.9. The Morgan fingerprint density at radius 3 is 2.43 bits per heavy atom. The maximum Gasteiger partial charge on any atom is 0.264 e. The van der Waals surface area contributed by atoms with Crippen LogP contribution in [0, 0.1) is 12.7 Å². The number of para-hydroxylation sites is 1. The Morgan fingerprint density at radius 1 is 1.00 bits per heavy atom. The number of aromatic nitrogens is 2.